The number of allylic oxidation sites excluding steroid dienone is 7. The summed E-state index contributed by atoms with van der Waals surface area (Å²) in [6.45, 7) is 32.9. The summed E-state index contributed by atoms with van der Waals surface area (Å²) in [5.74, 6) is 0.973. The second-order valence-electron chi connectivity index (χ2n) is 18.8. The zero-order valence-corrected chi connectivity index (χ0v) is 59.7. The van der Waals surface area contributed by atoms with Crippen molar-refractivity contribution in [2.24, 2.45) is 0 Å². The van der Waals surface area contributed by atoms with Gasteiger partial charge >= 0.3 is 0 Å². The van der Waals surface area contributed by atoms with Crippen LogP contribution in [-0.4, -0.2) is 6.61 Å². The van der Waals surface area contributed by atoms with E-state index in [2.05, 4.69) is 236 Å². The Morgan fingerprint density at radius 1 is 0.298 bits per heavy atom. The van der Waals surface area contributed by atoms with Crippen molar-refractivity contribution in [2.75, 3.05) is 6.61 Å². The molecule has 0 radical (unpaired) electrons. The van der Waals surface area contributed by atoms with Gasteiger partial charge in [-0.25, -0.2) is 0 Å². The van der Waals surface area contributed by atoms with Crippen LogP contribution in [0.15, 0.2) is 349 Å². The first-order valence-corrected chi connectivity index (χ1v) is 34.2. The van der Waals surface area contributed by atoms with Gasteiger partial charge in [-0.05, 0) is 140 Å². The molecule has 11 aromatic carbocycles. The molecule has 2 aliphatic carbocycles. The summed E-state index contributed by atoms with van der Waals surface area (Å²) in [6, 6.07) is 93.8. The minimum atomic E-state index is 0.733. The summed E-state index contributed by atoms with van der Waals surface area (Å²) in [4.78, 5) is 0. The lowest BCUT2D eigenvalue weighted by molar-refractivity contribution is 0.286. The van der Waals surface area contributed by atoms with Crippen LogP contribution in [0.2, 0.25) is 0 Å². The zero-order chi connectivity index (χ0) is 69.1. The molecule has 0 saturated heterocycles. The zero-order valence-electron chi connectivity index (χ0n) is 59.7. The van der Waals surface area contributed by atoms with Gasteiger partial charge in [0.1, 0.15) is 18.0 Å². The highest BCUT2D eigenvalue weighted by Crippen LogP contribution is 2.26. The average molecular weight is 1250 g/mol. The van der Waals surface area contributed by atoms with E-state index in [4.69, 9.17) is 9.15 Å². The van der Waals surface area contributed by atoms with Gasteiger partial charge in [0.15, 0.2) is 0 Å². The highest BCUT2D eigenvalue weighted by molar-refractivity contribution is 6.07. The summed E-state index contributed by atoms with van der Waals surface area (Å²) in [5, 5.41) is 14.3. The van der Waals surface area contributed by atoms with Crippen LogP contribution in [-0.2, 0) is 11.2 Å². The predicted octanol–water partition coefficient (Wildman–Crippen LogP) is 29.0. The van der Waals surface area contributed by atoms with E-state index >= 15 is 0 Å². The Kier molecular flexibility index (Phi) is 48.7. The van der Waals surface area contributed by atoms with E-state index in [1.807, 2.05) is 201 Å². The molecule has 492 valence electrons. The lowest BCUT2D eigenvalue weighted by Gasteiger charge is -2.02. The molecule has 1 aliphatic heterocycles. The molecule has 2 aromatic heterocycles. The quantitative estimate of drug-likeness (QED) is 0.112. The van der Waals surface area contributed by atoms with E-state index in [9.17, 15) is 0 Å². The summed E-state index contributed by atoms with van der Waals surface area (Å²) < 4.78 is 14.8. The maximum atomic E-state index is 5.37. The molecule has 0 N–H and O–H groups in total. The topological polar surface area (TPSA) is 35.5 Å². The van der Waals surface area contributed by atoms with Crippen molar-refractivity contribution >= 4 is 70.9 Å². The van der Waals surface area contributed by atoms with Crippen molar-refractivity contribution in [3.63, 3.8) is 0 Å². The van der Waals surface area contributed by atoms with Crippen LogP contribution < -0.4 is 0 Å². The third kappa shape index (κ3) is 32.4. The van der Waals surface area contributed by atoms with Crippen LogP contribution in [0.4, 0.5) is 0 Å². The third-order valence-corrected chi connectivity index (χ3v) is 12.8. The molecule has 0 atom stereocenters. The SMILES string of the molecule is C1=CCC=C1.C1=CCOC=C1.CC.CC.CC.CC.CC.CC.CC.CC1=Cc2ccccc2C1.Cc1cc2ccccc2o1.c1ccc2c(c1)ccc1ccccc12.c1ccc2cc3ccccc3cc2c1.c1ccc2ccccc2c1.c1ccccc1.c1ccoc1. The van der Waals surface area contributed by atoms with Gasteiger partial charge in [0.05, 0.1) is 18.8 Å². The molecule has 0 amide bonds. The van der Waals surface area contributed by atoms with Crippen molar-refractivity contribution in [1.82, 2.24) is 0 Å². The second-order valence-corrected chi connectivity index (χ2v) is 18.8. The Labute approximate surface area is 568 Å². The molecular formula is C91H110O3. The molecule has 3 heteroatoms. The van der Waals surface area contributed by atoms with Crippen LogP contribution in [0.25, 0.3) is 70.9 Å². The van der Waals surface area contributed by atoms with Gasteiger partial charge < -0.3 is 13.6 Å². The summed E-state index contributed by atoms with van der Waals surface area (Å²) in [7, 11) is 0. The van der Waals surface area contributed by atoms with Gasteiger partial charge in [-0.1, -0.05) is 376 Å². The Morgan fingerprint density at radius 2 is 0.660 bits per heavy atom. The lowest BCUT2D eigenvalue weighted by Crippen LogP contribution is -1.82. The minimum absolute atomic E-state index is 0.733. The molecule has 94 heavy (non-hydrogen) atoms. The van der Waals surface area contributed by atoms with Crippen LogP contribution in [0.3, 0.4) is 0 Å². The number of ether oxygens (including phenoxy) is 1. The number of para-hydroxylation sites is 1. The molecule has 0 fully saturated rings. The number of hydrogen-bond donors (Lipinski definition) is 0. The Bertz CT molecular complexity index is 3700. The fourth-order valence-electron chi connectivity index (χ4n) is 8.89. The van der Waals surface area contributed by atoms with Gasteiger partial charge in [0.25, 0.3) is 0 Å². The highest BCUT2D eigenvalue weighted by atomic mass is 16.5. The summed E-state index contributed by atoms with van der Waals surface area (Å²) in [6.07, 6.45) is 23.6. The first-order valence-electron chi connectivity index (χ1n) is 34.2. The second kappa shape index (κ2) is 55.8. The molecule has 3 aliphatic rings. The van der Waals surface area contributed by atoms with Crippen LogP contribution in [0.5, 0.6) is 0 Å². The van der Waals surface area contributed by atoms with E-state index in [1.165, 1.54) is 75.9 Å². The fourth-order valence-corrected chi connectivity index (χ4v) is 8.89. The van der Waals surface area contributed by atoms with E-state index in [0.29, 0.717) is 0 Å². The molecule has 13 aromatic rings. The lowest BCUT2D eigenvalue weighted by atomic mass is 10.0. The fraction of sp³-hybridized carbons (Fsp3) is 0.209. The van der Waals surface area contributed by atoms with Gasteiger partial charge in [-0.2, -0.15) is 0 Å². The average Bonchev–Trinajstić information content (AvgIpc) is 1.28. The third-order valence-electron chi connectivity index (χ3n) is 12.8. The van der Waals surface area contributed by atoms with Crippen molar-refractivity contribution < 1.29 is 13.6 Å². The first kappa shape index (κ1) is 82.1. The smallest absolute Gasteiger partial charge is 0.134 e. The van der Waals surface area contributed by atoms with Gasteiger partial charge in [0.2, 0.25) is 0 Å². The van der Waals surface area contributed by atoms with E-state index in [0.717, 1.165) is 30.8 Å². The van der Waals surface area contributed by atoms with Crippen LogP contribution in [0.1, 0.15) is 127 Å². The van der Waals surface area contributed by atoms with E-state index in [-0.39, 0.29) is 0 Å². The van der Waals surface area contributed by atoms with Crippen molar-refractivity contribution in [2.45, 2.75) is 124 Å². The Morgan fingerprint density at radius 3 is 0.989 bits per heavy atom. The van der Waals surface area contributed by atoms with Gasteiger partial charge in [0, 0.05) is 5.39 Å². The number of fused-ring (bicyclic) bond motifs is 8. The van der Waals surface area contributed by atoms with Gasteiger partial charge in [-0.3, -0.25) is 0 Å². The maximum Gasteiger partial charge on any atom is 0.134 e. The molecule has 16 rings (SSSR count). The number of furan rings is 2. The standard InChI is InChI=1S/2C14H10.C10H10.C10H8.C9H8O.C6H6.C5H6O.C5H6.C4H4O.7C2H6/c1-3-7-13-11(5-1)9-10-12-6-2-4-8-14(12)13;1-2-6-12-10-14-8-4-3-7-13(14)9-11(12)5-1;1-8-6-9-4-2-3-5-10(9)7-8;1-2-6-10-8-4-3-7-9(10)5-1;1-7-6-8-4-2-3-5-9(8)10-7;2*1-2-4-6-5-3-1;2*1-2-4-5-3-1;7*1-2/h2*1-10H;2-6H,7H2,1H3;1-8H;2-6H,1H3;1-6H;1-4H,5H2;1-4H,5H2;1-4H;7*1-2H3. The number of hydrogen-bond acceptors (Lipinski definition) is 3. The van der Waals surface area contributed by atoms with Crippen molar-refractivity contribution in [3.8, 4) is 0 Å². The molecule has 0 spiro atoms. The number of aryl methyl sites for hydroxylation is 1. The molecule has 3 heterocycles. The van der Waals surface area contributed by atoms with Crippen molar-refractivity contribution in [3.05, 3.63) is 357 Å². The van der Waals surface area contributed by atoms with Crippen molar-refractivity contribution in [1.29, 1.82) is 0 Å². The van der Waals surface area contributed by atoms with Crippen LogP contribution >= 0.6 is 0 Å². The number of benzene rings is 11. The minimum Gasteiger partial charge on any atom is -0.497 e. The van der Waals surface area contributed by atoms with E-state index < -0.39 is 0 Å². The Balaban J connectivity index is 0.000000525. The highest BCUT2D eigenvalue weighted by Gasteiger charge is 2.06. The molecular weight excluding hydrogens is 1140 g/mol. The summed E-state index contributed by atoms with van der Waals surface area (Å²) in [5.41, 5.74) is 5.32. The first-order chi connectivity index (χ1) is 46.6. The normalized spacial score (nSPS) is 10.4. The molecule has 0 unspecified atom stereocenters. The molecule has 3 nitrogen and oxygen atoms in total. The predicted molar refractivity (Wildman–Crippen MR) is 423 cm³/mol. The molecule has 0 saturated carbocycles. The summed E-state index contributed by atoms with van der Waals surface area (Å²) >= 11 is 0. The van der Waals surface area contributed by atoms with Gasteiger partial charge in [-0.15, -0.1) is 0 Å². The number of rotatable bonds is 0. The monoisotopic (exact) mass is 1250 g/mol. The Hall–Kier alpha value is -9.96. The van der Waals surface area contributed by atoms with Crippen LogP contribution in [0, 0.1) is 6.92 Å². The van der Waals surface area contributed by atoms with E-state index in [1.54, 1.807) is 18.8 Å². The maximum absolute atomic E-state index is 5.37. The largest absolute Gasteiger partial charge is 0.497 e. The molecule has 0 bridgehead atoms.